The smallest absolute Gasteiger partial charge is 0.340 e. The van der Waals surface area contributed by atoms with Crippen LogP contribution >= 0.6 is 0 Å². The van der Waals surface area contributed by atoms with Crippen LogP contribution in [0.5, 0.6) is 0 Å². The Morgan fingerprint density at radius 2 is 2.00 bits per heavy atom. The Labute approximate surface area is 82.5 Å². The third kappa shape index (κ3) is 1.43. The van der Waals surface area contributed by atoms with Crippen LogP contribution in [0, 0.1) is 0 Å². The van der Waals surface area contributed by atoms with Gasteiger partial charge in [-0.3, -0.25) is 0 Å². The molecule has 0 amide bonds. The molecule has 2 aliphatic rings. The molecule has 0 aromatic rings. The minimum atomic E-state index is -0.187. The molecule has 0 unspecified atom stereocenters. The molecule has 2 nitrogen and oxygen atoms in total. The van der Waals surface area contributed by atoms with E-state index in [4.69, 9.17) is 4.42 Å². The van der Waals surface area contributed by atoms with Gasteiger partial charge in [-0.05, 0) is 12.5 Å². The van der Waals surface area contributed by atoms with E-state index in [0.717, 1.165) is 24.0 Å². The molecular formula is C12H12O2. The van der Waals surface area contributed by atoms with Gasteiger partial charge in [0.25, 0.3) is 0 Å². The monoisotopic (exact) mass is 188 g/mol. The molecule has 72 valence electrons. The number of hydrogen-bond donors (Lipinski definition) is 0. The molecule has 0 saturated heterocycles. The van der Waals surface area contributed by atoms with E-state index in [1.165, 1.54) is 0 Å². The van der Waals surface area contributed by atoms with E-state index in [0.29, 0.717) is 5.76 Å². The van der Waals surface area contributed by atoms with E-state index in [-0.39, 0.29) is 5.63 Å². The van der Waals surface area contributed by atoms with Crippen molar-refractivity contribution in [3.63, 3.8) is 0 Å². The Bertz CT molecular complexity index is 456. The molecule has 0 radical (unpaired) electrons. The first-order valence-corrected chi connectivity index (χ1v) is 4.83. The first-order chi connectivity index (χ1) is 6.83. The molecule has 1 heterocycles. The van der Waals surface area contributed by atoms with Crippen molar-refractivity contribution >= 4 is 0 Å². The summed E-state index contributed by atoms with van der Waals surface area (Å²) in [5.41, 5.74) is 1.56. The molecule has 0 aromatic heterocycles. The molecule has 0 saturated carbocycles. The fourth-order valence-corrected chi connectivity index (χ4v) is 1.63. The average Bonchev–Trinajstić information content (AvgIpc) is 2.39. The summed E-state index contributed by atoms with van der Waals surface area (Å²) in [5.74, 6) is 0.684. The lowest BCUT2D eigenvalue weighted by atomic mass is 10.1. The van der Waals surface area contributed by atoms with Gasteiger partial charge in [0.2, 0.25) is 0 Å². The summed E-state index contributed by atoms with van der Waals surface area (Å²) in [5, 5.41) is 0. The van der Waals surface area contributed by atoms with Crippen LogP contribution < -0.4 is 5.63 Å². The molecular weight excluding hydrogens is 176 g/mol. The van der Waals surface area contributed by atoms with Crippen LogP contribution in [0.15, 0.2) is 39.5 Å². The summed E-state index contributed by atoms with van der Waals surface area (Å²) in [6, 6.07) is 9.49. The Morgan fingerprint density at radius 3 is 2.79 bits per heavy atom. The van der Waals surface area contributed by atoms with E-state index in [9.17, 15) is 4.79 Å². The van der Waals surface area contributed by atoms with Crippen LogP contribution in [-0.4, -0.2) is 0 Å². The molecule has 0 atom stereocenters. The van der Waals surface area contributed by atoms with Crippen LogP contribution in [0.2, 0.25) is 0 Å². The van der Waals surface area contributed by atoms with Crippen LogP contribution in [0.4, 0.5) is 0 Å². The van der Waals surface area contributed by atoms with E-state index in [1.807, 2.05) is 30.3 Å². The van der Waals surface area contributed by atoms with Gasteiger partial charge < -0.3 is 4.42 Å². The highest BCUT2D eigenvalue weighted by Crippen LogP contribution is 2.23. The summed E-state index contributed by atoms with van der Waals surface area (Å²) >= 11 is 0. The highest BCUT2D eigenvalue weighted by Gasteiger charge is 2.14. The highest BCUT2D eigenvalue weighted by molar-refractivity contribution is 5.62. The summed E-state index contributed by atoms with van der Waals surface area (Å²) in [6.45, 7) is 2.06. The van der Waals surface area contributed by atoms with Gasteiger partial charge in [0, 0.05) is 11.1 Å². The largest absolute Gasteiger partial charge is 0.422 e. The average molecular weight is 188 g/mol. The summed E-state index contributed by atoms with van der Waals surface area (Å²) in [6.07, 6.45) is 1.75. The second-order valence-electron chi connectivity index (χ2n) is 3.31. The van der Waals surface area contributed by atoms with Gasteiger partial charge in [-0.1, -0.05) is 37.6 Å². The molecule has 0 N–H and O–H groups in total. The molecule has 0 spiro atoms. The van der Waals surface area contributed by atoms with Crippen LogP contribution in [0.1, 0.15) is 18.9 Å². The van der Waals surface area contributed by atoms with E-state index >= 15 is 0 Å². The molecule has 0 aromatic carbocycles. The molecule has 2 rings (SSSR count). The third-order valence-electron chi connectivity index (χ3n) is 2.27. The highest BCUT2D eigenvalue weighted by atomic mass is 16.4. The minimum Gasteiger partial charge on any atom is -0.422 e. The summed E-state index contributed by atoms with van der Waals surface area (Å²) in [4.78, 5) is 11.5. The van der Waals surface area contributed by atoms with Crippen molar-refractivity contribution in [2.75, 3.05) is 0 Å². The second kappa shape index (κ2) is 3.66. The van der Waals surface area contributed by atoms with Gasteiger partial charge in [0.15, 0.2) is 0 Å². The Kier molecular flexibility index (Phi) is 2.35. The molecule has 1 aliphatic carbocycles. The topological polar surface area (TPSA) is 30.2 Å². The molecule has 0 fully saturated rings. The predicted octanol–water partition coefficient (Wildman–Crippen LogP) is 2.70. The van der Waals surface area contributed by atoms with Gasteiger partial charge in [-0.15, -0.1) is 0 Å². The Morgan fingerprint density at radius 1 is 1.21 bits per heavy atom. The maximum atomic E-state index is 11.5. The minimum absolute atomic E-state index is 0.187. The number of furan rings is 1. The van der Waals surface area contributed by atoms with Crippen LogP contribution in [-0.2, 0) is 6.42 Å². The van der Waals surface area contributed by atoms with Gasteiger partial charge in [0.1, 0.15) is 5.76 Å². The van der Waals surface area contributed by atoms with Gasteiger partial charge in [0.05, 0.1) is 0 Å². The lowest BCUT2D eigenvalue weighted by Gasteiger charge is -1.92. The first-order valence-electron chi connectivity index (χ1n) is 4.83. The van der Waals surface area contributed by atoms with Crippen molar-refractivity contribution in [2.45, 2.75) is 19.8 Å². The van der Waals surface area contributed by atoms with Gasteiger partial charge in [-0.25, -0.2) is 4.79 Å². The van der Waals surface area contributed by atoms with Crippen LogP contribution in [0.25, 0.3) is 11.3 Å². The maximum absolute atomic E-state index is 11.5. The zero-order chi connectivity index (χ0) is 9.97. The normalized spacial score (nSPS) is 10.6. The lowest BCUT2D eigenvalue weighted by molar-refractivity contribution is 0.539. The third-order valence-corrected chi connectivity index (χ3v) is 2.27. The number of rotatable bonds is 2. The van der Waals surface area contributed by atoms with Crippen molar-refractivity contribution < 1.29 is 4.42 Å². The van der Waals surface area contributed by atoms with Crippen molar-refractivity contribution in [3.05, 3.63) is 46.3 Å². The van der Waals surface area contributed by atoms with E-state index < -0.39 is 0 Å². The fourth-order valence-electron chi connectivity index (χ4n) is 1.63. The molecule has 0 bridgehead atoms. The Hall–Kier alpha value is -1.57. The summed E-state index contributed by atoms with van der Waals surface area (Å²) in [7, 11) is 0. The van der Waals surface area contributed by atoms with Crippen molar-refractivity contribution in [1.29, 1.82) is 0 Å². The SMILES string of the molecule is CCCc1c2cccccc-2oc1=O. The molecule has 2 heteroatoms. The number of hydrogen-bond acceptors (Lipinski definition) is 2. The van der Waals surface area contributed by atoms with Crippen molar-refractivity contribution in [3.8, 4) is 11.3 Å². The zero-order valence-corrected chi connectivity index (χ0v) is 8.12. The first kappa shape index (κ1) is 9.00. The van der Waals surface area contributed by atoms with E-state index in [1.54, 1.807) is 0 Å². The lowest BCUT2D eigenvalue weighted by Crippen LogP contribution is -2.00. The predicted molar refractivity (Wildman–Crippen MR) is 55.6 cm³/mol. The number of fused-ring (bicyclic) bond motifs is 1. The second-order valence-corrected chi connectivity index (χ2v) is 3.31. The quantitative estimate of drug-likeness (QED) is 0.725. The zero-order valence-electron chi connectivity index (χ0n) is 8.12. The van der Waals surface area contributed by atoms with Crippen LogP contribution in [0.3, 0.4) is 0 Å². The standard InChI is InChI=1S/C12H12O2/c1-2-6-10-9-7-4-3-5-8-11(9)14-12(10)13/h3-5,7-8H,2,6H2,1H3. The van der Waals surface area contributed by atoms with Gasteiger partial charge in [-0.2, -0.15) is 0 Å². The van der Waals surface area contributed by atoms with E-state index in [2.05, 4.69) is 6.92 Å². The molecule has 1 aliphatic heterocycles. The summed E-state index contributed by atoms with van der Waals surface area (Å²) < 4.78 is 5.16. The van der Waals surface area contributed by atoms with Crippen molar-refractivity contribution in [2.24, 2.45) is 0 Å². The van der Waals surface area contributed by atoms with Crippen molar-refractivity contribution in [1.82, 2.24) is 0 Å². The fraction of sp³-hybridized carbons (Fsp3) is 0.250. The maximum Gasteiger partial charge on any atom is 0.340 e. The van der Waals surface area contributed by atoms with Gasteiger partial charge >= 0.3 is 5.63 Å². The Balaban J connectivity index is 2.65. The molecule has 14 heavy (non-hydrogen) atoms.